The Labute approximate surface area is 211 Å². The lowest BCUT2D eigenvalue weighted by Gasteiger charge is -2.17. The van der Waals surface area contributed by atoms with Crippen molar-refractivity contribution in [3.63, 3.8) is 0 Å². The fourth-order valence-corrected chi connectivity index (χ4v) is 3.61. The number of hydrogen-bond donors (Lipinski definition) is 1. The summed E-state index contributed by atoms with van der Waals surface area (Å²) in [6, 6.07) is 27.0. The van der Waals surface area contributed by atoms with Gasteiger partial charge in [-0.05, 0) is 48.2 Å². The van der Waals surface area contributed by atoms with E-state index in [1.165, 1.54) is 11.1 Å². The number of benzene rings is 3. The van der Waals surface area contributed by atoms with Crippen molar-refractivity contribution >= 4 is 29.3 Å². The standard InChI is InChI=1S/C25H23ClO3.C4H8O2/c26-22-13-11-21(12-14-22)24(27)17-18-29-25(28)16-15-23(19-7-3-1-4-8-19)20-9-5-2-6-10-20;1-2-3-4(5)6/h1-14,23H,15-18H2;2-3H2,1H3,(H,5,6). The van der Waals surface area contributed by atoms with Gasteiger partial charge in [0.05, 0.1) is 6.61 Å². The average molecular weight is 495 g/mol. The molecule has 3 aromatic rings. The lowest BCUT2D eigenvalue weighted by molar-refractivity contribution is -0.143. The molecule has 0 fully saturated rings. The van der Waals surface area contributed by atoms with E-state index in [4.69, 9.17) is 21.4 Å². The monoisotopic (exact) mass is 494 g/mol. The molecule has 0 aliphatic carbocycles. The number of carboxylic acid groups (broad SMARTS) is 1. The Balaban J connectivity index is 0.000000641. The van der Waals surface area contributed by atoms with Crippen LogP contribution >= 0.6 is 11.6 Å². The topological polar surface area (TPSA) is 80.7 Å². The number of aliphatic carboxylic acids is 1. The van der Waals surface area contributed by atoms with Crippen LogP contribution in [0.4, 0.5) is 0 Å². The van der Waals surface area contributed by atoms with E-state index in [0.717, 1.165) is 6.42 Å². The Bertz CT molecular complexity index is 1010. The van der Waals surface area contributed by atoms with Gasteiger partial charge in [0.15, 0.2) is 5.78 Å². The van der Waals surface area contributed by atoms with Gasteiger partial charge in [-0.2, -0.15) is 0 Å². The molecule has 0 heterocycles. The summed E-state index contributed by atoms with van der Waals surface area (Å²) in [6.07, 6.45) is 2.13. The summed E-state index contributed by atoms with van der Waals surface area (Å²) in [5.41, 5.74) is 2.91. The molecular formula is C29H31ClO5. The smallest absolute Gasteiger partial charge is 0.305 e. The summed E-state index contributed by atoms with van der Waals surface area (Å²) in [6.45, 7) is 1.93. The number of ether oxygens (including phenoxy) is 1. The van der Waals surface area contributed by atoms with Gasteiger partial charge in [0.25, 0.3) is 0 Å². The molecule has 3 aromatic carbocycles. The molecule has 35 heavy (non-hydrogen) atoms. The van der Waals surface area contributed by atoms with Crippen molar-refractivity contribution in [2.75, 3.05) is 6.61 Å². The molecule has 0 atom stereocenters. The van der Waals surface area contributed by atoms with E-state index in [1.54, 1.807) is 24.3 Å². The van der Waals surface area contributed by atoms with Gasteiger partial charge in [-0.3, -0.25) is 14.4 Å². The fourth-order valence-electron chi connectivity index (χ4n) is 3.48. The molecule has 0 spiro atoms. The quantitative estimate of drug-likeness (QED) is 0.230. The number of carbonyl (C=O) groups excluding carboxylic acids is 2. The van der Waals surface area contributed by atoms with E-state index in [9.17, 15) is 14.4 Å². The van der Waals surface area contributed by atoms with Crippen molar-refractivity contribution in [1.82, 2.24) is 0 Å². The van der Waals surface area contributed by atoms with Gasteiger partial charge < -0.3 is 9.84 Å². The minimum absolute atomic E-state index is 0.0686. The van der Waals surface area contributed by atoms with Crippen LogP contribution in [-0.2, 0) is 14.3 Å². The summed E-state index contributed by atoms with van der Waals surface area (Å²) < 4.78 is 5.29. The molecule has 0 saturated carbocycles. The number of ketones is 1. The molecule has 0 unspecified atom stereocenters. The first-order valence-electron chi connectivity index (χ1n) is 11.7. The molecule has 1 N–H and O–H groups in total. The molecule has 0 aliphatic heterocycles. The first-order chi connectivity index (χ1) is 16.9. The molecule has 5 nitrogen and oxygen atoms in total. The van der Waals surface area contributed by atoms with Crippen molar-refractivity contribution in [3.8, 4) is 0 Å². The zero-order chi connectivity index (χ0) is 25.5. The van der Waals surface area contributed by atoms with Crippen LogP contribution < -0.4 is 0 Å². The van der Waals surface area contributed by atoms with Crippen LogP contribution in [-0.4, -0.2) is 29.4 Å². The van der Waals surface area contributed by atoms with Crippen molar-refractivity contribution < 1.29 is 24.2 Å². The molecule has 184 valence electrons. The molecular weight excluding hydrogens is 464 g/mol. The van der Waals surface area contributed by atoms with Crippen LogP contribution in [0.1, 0.15) is 66.4 Å². The van der Waals surface area contributed by atoms with Crippen molar-refractivity contribution in [2.45, 2.75) is 44.9 Å². The molecule has 0 aromatic heterocycles. The number of halogens is 1. The maximum absolute atomic E-state index is 12.2. The lowest BCUT2D eigenvalue weighted by Crippen LogP contribution is -2.12. The SMILES string of the molecule is CCCC(=O)O.O=C(CCC(c1ccccc1)c1ccccc1)OCCC(=O)c1ccc(Cl)cc1. The van der Waals surface area contributed by atoms with Crippen LogP contribution in [0.15, 0.2) is 84.9 Å². The normalized spacial score (nSPS) is 10.3. The molecule has 0 radical (unpaired) electrons. The third-order valence-corrected chi connectivity index (χ3v) is 5.52. The van der Waals surface area contributed by atoms with Crippen molar-refractivity contribution in [2.24, 2.45) is 0 Å². The van der Waals surface area contributed by atoms with Gasteiger partial charge in [-0.25, -0.2) is 0 Å². The second-order valence-electron chi connectivity index (χ2n) is 7.96. The maximum atomic E-state index is 12.2. The minimum Gasteiger partial charge on any atom is -0.481 e. The number of carboxylic acids is 1. The lowest BCUT2D eigenvalue weighted by atomic mass is 9.87. The Morgan fingerprint density at radius 3 is 1.80 bits per heavy atom. The molecule has 0 saturated heterocycles. The maximum Gasteiger partial charge on any atom is 0.305 e. The number of hydrogen-bond acceptors (Lipinski definition) is 4. The summed E-state index contributed by atoms with van der Waals surface area (Å²) in [7, 11) is 0. The molecule has 0 amide bonds. The minimum atomic E-state index is -0.711. The highest BCUT2D eigenvalue weighted by Gasteiger charge is 2.16. The first kappa shape index (κ1) is 27.8. The predicted octanol–water partition coefficient (Wildman–Crippen LogP) is 6.94. The van der Waals surface area contributed by atoms with Crippen molar-refractivity contribution in [3.05, 3.63) is 107 Å². The van der Waals surface area contributed by atoms with Crippen LogP contribution in [0, 0.1) is 0 Å². The van der Waals surface area contributed by atoms with Crippen LogP contribution in [0.25, 0.3) is 0 Å². The summed E-state index contributed by atoms with van der Waals surface area (Å²) in [4.78, 5) is 34.0. The summed E-state index contributed by atoms with van der Waals surface area (Å²) in [5.74, 6) is -0.940. The molecule has 6 heteroatoms. The number of carbonyl (C=O) groups is 3. The van der Waals surface area contributed by atoms with Crippen molar-refractivity contribution in [1.29, 1.82) is 0 Å². The zero-order valence-electron chi connectivity index (χ0n) is 19.9. The largest absolute Gasteiger partial charge is 0.481 e. The van der Waals surface area contributed by atoms with Crippen LogP contribution in [0.2, 0.25) is 5.02 Å². The third kappa shape index (κ3) is 10.6. The van der Waals surface area contributed by atoms with E-state index in [1.807, 2.05) is 43.3 Å². The highest BCUT2D eigenvalue weighted by Crippen LogP contribution is 2.29. The van der Waals surface area contributed by atoms with E-state index in [2.05, 4.69) is 24.3 Å². The van der Waals surface area contributed by atoms with Gasteiger partial charge in [0.2, 0.25) is 0 Å². The molecule has 0 aliphatic rings. The predicted molar refractivity (Wildman–Crippen MR) is 138 cm³/mol. The van der Waals surface area contributed by atoms with Gasteiger partial charge in [0, 0.05) is 35.8 Å². The van der Waals surface area contributed by atoms with E-state index < -0.39 is 5.97 Å². The van der Waals surface area contributed by atoms with Crippen LogP contribution in [0.5, 0.6) is 0 Å². The first-order valence-corrected chi connectivity index (χ1v) is 12.0. The van der Waals surface area contributed by atoms with E-state index in [-0.39, 0.29) is 30.7 Å². The summed E-state index contributed by atoms with van der Waals surface area (Å²) in [5, 5.41) is 8.50. The van der Waals surface area contributed by atoms with Crippen LogP contribution in [0.3, 0.4) is 0 Å². The molecule has 0 bridgehead atoms. The summed E-state index contributed by atoms with van der Waals surface area (Å²) >= 11 is 5.83. The average Bonchev–Trinajstić information content (AvgIpc) is 2.86. The van der Waals surface area contributed by atoms with E-state index in [0.29, 0.717) is 29.8 Å². The molecule has 3 rings (SSSR count). The Kier molecular flexibility index (Phi) is 12.3. The highest BCUT2D eigenvalue weighted by atomic mass is 35.5. The van der Waals surface area contributed by atoms with E-state index >= 15 is 0 Å². The second kappa shape index (κ2) is 15.5. The third-order valence-electron chi connectivity index (χ3n) is 5.26. The van der Waals surface area contributed by atoms with Gasteiger partial charge in [-0.15, -0.1) is 0 Å². The van der Waals surface area contributed by atoms with Gasteiger partial charge in [-0.1, -0.05) is 79.2 Å². The number of esters is 1. The second-order valence-corrected chi connectivity index (χ2v) is 8.39. The number of rotatable bonds is 11. The van der Waals surface area contributed by atoms with Gasteiger partial charge >= 0.3 is 11.9 Å². The number of Topliss-reactive ketones (excluding diaryl/α,β-unsaturated/α-hetero) is 1. The zero-order valence-corrected chi connectivity index (χ0v) is 20.6. The highest BCUT2D eigenvalue weighted by molar-refractivity contribution is 6.30. The fraction of sp³-hybridized carbons (Fsp3) is 0.276. The Hall–Kier alpha value is -3.44. The Morgan fingerprint density at radius 2 is 1.34 bits per heavy atom. The Morgan fingerprint density at radius 1 is 0.800 bits per heavy atom. The van der Waals surface area contributed by atoms with Gasteiger partial charge in [0.1, 0.15) is 0 Å².